The molecule has 26 heavy (non-hydrogen) atoms. The van der Waals surface area contributed by atoms with Crippen LogP contribution >= 0.6 is 0 Å². The van der Waals surface area contributed by atoms with E-state index in [-0.39, 0.29) is 23.9 Å². The van der Waals surface area contributed by atoms with Crippen LogP contribution in [0.4, 0.5) is 0 Å². The fraction of sp³-hybridized carbons (Fsp3) is 0.250. The molecule has 0 spiro atoms. The van der Waals surface area contributed by atoms with Crippen LogP contribution in [0, 0.1) is 0 Å². The van der Waals surface area contributed by atoms with E-state index in [0.717, 1.165) is 23.1 Å². The molecule has 0 saturated heterocycles. The van der Waals surface area contributed by atoms with Gasteiger partial charge in [0, 0.05) is 24.4 Å². The highest BCUT2D eigenvalue weighted by Gasteiger charge is 2.23. The quantitative estimate of drug-likeness (QED) is 0.786. The van der Waals surface area contributed by atoms with Gasteiger partial charge in [-0.3, -0.25) is 9.59 Å². The van der Waals surface area contributed by atoms with Gasteiger partial charge in [0.1, 0.15) is 5.75 Å². The molecule has 1 aromatic heterocycles. The summed E-state index contributed by atoms with van der Waals surface area (Å²) in [7, 11) is 1.60. The molecule has 0 saturated carbocycles. The van der Waals surface area contributed by atoms with E-state index in [1.165, 1.54) is 4.68 Å². The summed E-state index contributed by atoms with van der Waals surface area (Å²) < 4.78 is 6.92. The van der Waals surface area contributed by atoms with E-state index in [1.807, 2.05) is 42.5 Å². The first-order valence-electron chi connectivity index (χ1n) is 8.59. The molecule has 2 heterocycles. The van der Waals surface area contributed by atoms with Gasteiger partial charge in [-0.1, -0.05) is 36.4 Å². The van der Waals surface area contributed by atoms with Crippen molar-refractivity contribution in [2.45, 2.75) is 18.9 Å². The van der Waals surface area contributed by atoms with Gasteiger partial charge in [-0.15, -0.1) is 0 Å². The van der Waals surface area contributed by atoms with Gasteiger partial charge in [-0.05, 0) is 12.1 Å². The van der Waals surface area contributed by atoms with Crippen LogP contribution in [0.25, 0.3) is 10.8 Å². The molecule has 1 aliphatic rings. The van der Waals surface area contributed by atoms with Crippen molar-refractivity contribution in [3.05, 3.63) is 70.1 Å². The highest BCUT2D eigenvalue weighted by molar-refractivity contribution is 5.88. The third-order valence-corrected chi connectivity index (χ3v) is 4.65. The van der Waals surface area contributed by atoms with Crippen LogP contribution in [0.3, 0.4) is 0 Å². The van der Waals surface area contributed by atoms with Gasteiger partial charge in [0.05, 0.1) is 30.1 Å². The minimum Gasteiger partial charge on any atom is -0.493 e. The zero-order valence-electron chi connectivity index (χ0n) is 14.4. The predicted octanol–water partition coefficient (Wildman–Crippen LogP) is 2.12. The molecule has 0 aliphatic carbocycles. The topological polar surface area (TPSA) is 73.2 Å². The standard InChI is InChI=1S/C20H19N3O3/c1-23-20(25)14-7-3-2-6-13(14)17(22-23)12-19(24)21-16-10-11-26-18-9-5-4-8-15(16)18/h2-9,16H,10-12H2,1H3,(H,21,24)/t16-/m0/s1. The molecule has 1 aliphatic heterocycles. The van der Waals surface area contributed by atoms with Crippen LogP contribution in [-0.4, -0.2) is 22.3 Å². The molecular formula is C20H19N3O3. The van der Waals surface area contributed by atoms with Gasteiger partial charge in [-0.25, -0.2) is 4.68 Å². The van der Waals surface area contributed by atoms with Crippen LogP contribution in [0.2, 0.25) is 0 Å². The molecule has 0 radical (unpaired) electrons. The average Bonchev–Trinajstić information content (AvgIpc) is 2.66. The monoisotopic (exact) mass is 349 g/mol. The maximum atomic E-state index is 12.7. The number of carbonyl (C=O) groups excluding carboxylic acids is 1. The molecule has 1 N–H and O–H groups in total. The summed E-state index contributed by atoms with van der Waals surface area (Å²) in [6.07, 6.45) is 0.846. The lowest BCUT2D eigenvalue weighted by molar-refractivity contribution is -0.121. The zero-order chi connectivity index (χ0) is 18.1. The van der Waals surface area contributed by atoms with E-state index < -0.39 is 0 Å². The fourth-order valence-electron chi connectivity index (χ4n) is 3.40. The van der Waals surface area contributed by atoms with Crippen molar-refractivity contribution in [3.63, 3.8) is 0 Å². The Balaban J connectivity index is 1.60. The first-order valence-corrected chi connectivity index (χ1v) is 8.59. The Morgan fingerprint density at radius 1 is 1.19 bits per heavy atom. The number of para-hydroxylation sites is 1. The molecular weight excluding hydrogens is 330 g/mol. The number of nitrogens with zero attached hydrogens (tertiary/aromatic N) is 2. The first kappa shape index (κ1) is 16.3. The number of aromatic nitrogens is 2. The number of nitrogens with one attached hydrogen (secondary N) is 1. The minimum absolute atomic E-state index is 0.0776. The van der Waals surface area contributed by atoms with E-state index in [2.05, 4.69) is 10.4 Å². The lowest BCUT2D eigenvalue weighted by Crippen LogP contribution is -2.34. The van der Waals surface area contributed by atoms with Crippen LogP contribution in [0.5, 0.6) is 5.75 Å². The first-order chi connectivity index (χ1) is 12.6. The van der Waals surface area contributed by atoms with Crippen molar-refractivity contribution in [1.82, 2.24) is 15.1 Å². The second-order valence-corrected chi connectivity index (χ2v) is 6.39. The number of benzene rings is 2. The molecule has 0 fully saturated rings. The van der Waals surface area contributed by atoms with Gasteiger partial charge in [-0.2, -0.15) is 5.10 Å². The summed E-state index contributed by atoms with van der Waals surface area (Å²) in [6, 6.07) is 14.9. The van der Waals surface area contributed by atoms with Gasteiger partial charge in [0.25, 0.3) is 5.56 Å². The molecule has 1 atom stereocenters. The Morgan fingerprint density at radius 2 is 1.92 bits per heavy atom. The Kier molecular flexibility index (Phi) is 4.16. The summed E-state index contributed by atoms with van der Waals surface area (Å²) in [6.45, 7) is 0.572. The van der Waals surface area contributed by atoms with Gasteiger partial charge < -0.3 is 10.1 Å². The molecule has 0 unspecified atom stereocenters. The van der Waals surface area contributed by atoms with E-state index in [4.69, 9.17) is 4.74 Å². The molecule has 4 rings (SSSR count). The fourth-order valence-corrected chi connectivity index (χ4v) is 3.40. The Morgan fingerprint density at radius 3 is 2.77 bits per heavy atom. The number of ether oxygens (including phenoxy) is 1. The Bertz CT molecular complexity index is 1040. The summed E-state index contributed by atoms with van der Waals surface area (Å²) >= 11 is 0. The molecule has 2 aromatic carbocycles. The molecule has 6 nitrogen and oxygen atoms in total. The van der Waals surface area contributed by atoms with Crippen molar-refractivity contribution < 1.29 is 9.53 Å². The number of rotatable bonds is 3. The van der Waals surface area contributed by atoms with E-state index in [1.54, 1.807) is 13.1 Å². The van der Waals surface area contributed by atoms with Gasteiger partial charge in [0.15, 0.2) is 0 Å². The Labute approximate surface area is 150 Å². The lowest BCUT2D eigenvalue weighted by Gasteiger charge is -2.26. The molecule has 132 valence electrons. The smallest absolute Gasteiger partial charge is 0.274 e. The van der Waals surface area contributed by atoms with Crippen molar-refractivity contribution in [3.8, 4) is 5.75 Å². The van der Waals surface area contributed by atoms with E-state index >= 15 is 0 Å². The Hall–Kier alpha value is -3.15. The van der Waals surface area contributed by atoms with E-state index in [0.29, 0.717) is 17.7 Å². The molecule has 6 heteroatoms. The van der Waals surface area contributed by atoms with Crippen LogP contribution in [-0.2, 0) is 18.3 Å². The van der Waals surface area contributed by atoms with E-state index in [9.17, 15) is 9.59 Å². The van der Waals surface area contributed by atoms with Crippen LogP contribution < -0.4 is 15.6 Å². The summed E-state index contributed by atoms with van der Waals surface area (Å²) in [5, 5.41) is 8.67. The second-order valence-electron chi connectivity index (χ2n) is 6.39. The maximum absolute atomic E-state index is 12.7. The number of hydrogen-bond donors (Lipinski definition) is 1. The highest BCUT2D eigenvalue weighted by atomic mass is 16.5. The summed E-state index contributed by atoms with van der Waals surface area (Å²) in [5.74, 6) is 0.692. The number of hydrogen-bond acceptors (Lipinski definition) is 4. The third kappa shape index (κ3) is 2.94. The number of carbonyl (C=O) groups is 1. The number of fused-ring (bicyclic) bond motifs is 2. The van der Waals surface area contributed by atoms with Crippen LogP contribution in [0.15, 0.2) is 53.3 Å². The molecule has 0 bridgehead atoms. The normalized spacial score (nSPS) is 16.0. The molecule has 1 amide bonds. The van der Waals surface area contributed by atoms with Crippen molar-refractivity contribution in [2.75, 3.05) is 6.61 Å². The van der Waals surface area contributed by atoms with Crippen molar-refractivity contribution in [2.24, 2.45) is 7.05 Å². The lowest BCUT2D eigenvalue weighted by atomic mass is 10.00. The number of aryl methyl sites for hydroxylation is 1. The summed E-state index contributed by atoms with van der Waals surface area (Å²) in [4.78, 5) is 24.9. The second kappa shape index (κ2) is 6.63. The largest absolute Gasteiger partial charge is 0.493 e. The zero-order valence-corrected chi connectivity index (χ0v) is 14.4. The maximum Gasteiger partial charge on any atom is 0.274 e. The SMILES string of the molecule is Cn1nc(CC(=O)N[C@H]2CCOc3ccccc32)c2ccccc2c1=O. The molecule has 3 aromatic rings. The minimum atomic E-state index is -0.164. The van der Waals surface area contributed by atoms with Crippen LogP contribution in [0.1, 0.15) is 23.7 Å². The van der Waals surface area contributed by atoms with Crippen molar-refractivity contribution in [1.29, 1.82) is 0 Å². The predicted molar refractivity (Wildman–Crippen MR) is 98.1 cm³/mol. The van der Waals surface area contributed by atoms with Crippen molar-refractivity contribution >= 4 is 16.7 Å². The average molecular weight is 349 g/mol. The third-order valence-electron chi connectivity index (χ3n) is 4.65. The summed E-state index contributed by atoms with van der Waals surface area (Å²) in [5.41, 5.74) is 1.43. The van der Waals surface area contributed by atoms with Gasteiger partial charge >= 0.3 is 0 Å². The van der Waals surface area contributed by atoms with Gasteiger partial charge in [0.2, 0.25) is 5.91 Å². The number of amides is 1. The highest BCUT2D eigenvalue weighted by Crippen LogP contribution is 2.31.